The number of carbonyl (C=O) groups excluding carboxylic acids is 1. The van der Waals surface area contributed by atoms with Crippen molar-refractivity contribution in [2.75, 3.05) is 26.0 Å². The first-order valence-corrected chi connectivity index (χ1v) is 9.93. The number of likely N-dealkylation sites (N-methyl/N-ethyl adjacent to an activating group) is 1. The molecule has 0 aliphatic carbocycles. The van der Waals surface area contributed by atoms with Gasteiger partial charge in [-0.3, -0.25) is 4.79 Å². The first kappa shape index (κ1) is 16.6. The van der Waals surface area contributed by atoms with Crippen LogP contribution in [-0.4, -0.2) is 31.5 Å². The molecule has 2 aliphatic heterocycles. The fourth-order valence-electron chi connectivity index (χ4n) is 4.14. The summed E-state index contributed by atoms with van der Waals surface area (Å²) in [5, 5.41) is 9.92. The highest BCUT2D eigenvalue weighted by Gasteiger charge is 2.34. The molecule has 0 saturated heterocycles. The highest BCUT2D eigenvalue weighted by atomic mass is 32.1. The standard InChI is InChI=1S/C21H21N3O2S/c1-24-10-9-14-16(11-24)27-21-18(14)20(25)22-19(23-21)17-13-6-4-3-5-12(13)7-8-15(17)26-2/h3-8,19,23H,9-11H2,1-2H3,(H,22,25)/t19-/m1/s1. The van der Waals surface area contributed by atoms with Crippen LogP contribution in [0.5, 0.6) is 5.75 Å². The van der Waals surface area contributed by atoms with Crippen LogP contribution >= 0.6 is 11.3 Å². The molecule has 2 aliphatic rings. The number of anilines is 1. The fourth-order valence-corrected chi connectivity index (χ4v) is 5.49. The van der Waals surface area contributed by atoms with Crippen molar-refractivity contribution < 1.29 is 9.53 Å². The van der Waals surface area contributed by atoms with E-state index in [9.17, 15) is 4.79 Å². The number of carbonyl (C=O) groups is 1. The molecular weight excluding hydrogens is 358 g/mol. The van der Waals surface area contributed by atoms with Gasteiger partial charge in [-0.2, -0.15) is 0 Å². The summed E-state index contributed by atoms with van der Waals surface area (Å²) in [4.78, 5) is 16.6. The van der Waals surface area contributed by atoms with Gasteiger partial charge in [-0.05, 0) is 35.9 Å². The number of fused-ring (bicyclic) bond motifs is 4. The smallest absolute Gasteiger partial charge is 0.256 e. The van der Waals surface area contributed by atoms with Crippen molar-refractivity contribution in [1.29, 1.82) is 0 Å². The van der Waals surface area contributed by atoms with Gasteiger partial charge in [0.15, 0.2) is 0 Å². The third-order valence-electron chi connectivity index (χ3n) is 5.46. The van der Waals surface area contributed by atoms with Crippen molar-refractivity contribution in [3.63, 3.8) is 0 Å². The largest absolute Gasteiger partial charge is 0.496 e. The molecule has 5 rings (SSSR count). The number of hydrogen-bond acceptors (Lipinski definition) is 5. The lowest BCUT2D eigenvalue weighted by Gasteiger charge is -2.29. The van der Waals surface area contributed by atoms with Crippen molar-refractivity contribution in [2.45, 2.75) is 19.1 Å². The molecule has 6 heteroatoms. The Morgan fingerprint density at radius 2 is 2.04 bits per heavy atom. The number of ether oxygens (including phenoxy) is 1. The van der Waals surface area contributed by atoms with Gasteiger partial charge in [-0.25, -0.2) is 0 Å². The van der Waals surface area contributed by atoms with Gasteiger partial charge < -0.3 is 20.3 Å². The van der Waals surface area contributed by atoms with Crippen LogP contribution in [0.15, 0.2) is 36.4 Å². The van der Waals surface area contributed by atoms with E-state index in [2.05, 4.69) is 34.7 Å². The number of amides is 1. The SMILES string of the molecule is COc1ccc2ccccc2c1[C@@H]1NC(=O)c2c(sc3c2CCN(C)C3)N1. The molecule has 5 nitrogen and oxygen atoms in total. The Bertz CT molecular complexity index is 1060. The Kier molecular flexibility index (Phi) is 3.84. The molecule has 27 heavy (non-hydrogen) atoms. The predicted octanol–water partition coefficient (Wildman–Crippen LogP) is 3.75. The first-order chi connectivity index (χ1) is 13.2. The predicted molar refractivity (Wildman–Crippen MR) is 109 cm³/mol. The topological polar surface area (TPSA) is 53.6 Å². The second kappa shape index (κ2) is 6.25. The van der Waals surface area contributed by atoms with Crippen LogP contribution in [0.1, 0.15) is 32.5 Å². The second-order valence-corrected chi connectivity index (χ2v) is 8.25. The molecule has 0 unspecified atom stereocenters. The molecule has 1 atom stereocenters. The van der Waals surface area contributed by atoms with E-state index in [0.29, 0.717) is 0 Å². The van der Waals surface area contributed by atoms with E-state index in [-0.39, 0.29) is 12.1 Å². The van der Waals surface area contributed by atoms with Crippen LogP contribution < -0.4 is 15.4 Å². The number of hydrogen-bond donors (Lipinski definition) is 2. The van der Waals surface area contributed by atoms with Gasteiger partial charge >= 0.3 is 0 Å². The van der Waals surface area contributed by atoms with E-state index in [1.54, 1.807) is 18.4 Å². The van der Waals surface area contributed by atoms with E-state index in [1.807, 2.05) is 24.3 Å². The van der Waals surface area contributed by atoms with Gasteiger partial charge in [0, 0.05) is 23.5 Å². The van der Waals surface area contributed by atoms with Gasteiger partial charge in [0.1, 0.15) is 16.9 Å². The summed E-state index contributed by atoms with van der Waals surface area (Å²) in [5.41, 5.74) is 3.01. The molecule has 2 N–H and O–H groups in total. The van der Waals surface area contributed by atoms with Crippen molar-refractivity contribution >= 4 is 33.0 Å². The van der Waals surface area contributed by atoms with Gasteiger partial charge in [-0.15, -0.1) is 11.3 Å². The zero-order valence-corrected chi connectivity index (χ0v) is 16.2. The quantitative estimate of drug-likeness (QED) is 0.712. The van der Waals surface area contributed by atoms with E-state index < -0.39 is 0 Å². The third kappa shape index (κ3) is 2.59. The minimum Gasteiger partial charge on any atom is -0.496 e. The van der Waals surface area contributed by atoms with E-state index in [1.165, 1.54) is 10.4 Å². The summed E-state index contributed by atoms with van der Waals surface area (Å²) < 4.78 is 5.63. The van der Waals surface area contributed by atoms with Gasteiger partial charge in [-0.1, -0.05) is 30.3 Å². The Morgan fingerprint density at radius 1 is 1.19 bits per heavy atom. The Morgan fingerprint density at radius 3 is 2.89 bits per heavy atom. The number of thiophene rings is 1. The number of methoxy groups -OCH3 is 1. The van der Waals surface area contributed by atoms with E-state index >= 15 is 0 Å². The highest BCUT2D eigenvalue weighted by molar-refractivity contribution is 7.16. The fraction of sp³-hybridized carbons (Fsp3) is 0.286. The first-order valence-electron chi connectivity index (χ1n) is 9.12. The van der Waals surface area contributed by atoms with Crippen molar-refractivity contribution in [3.05, 3.63) is 58.0 Å². The van der Waals surface area contributed by atoms with E-state index in [0.717, 1.165) is 52.2 Å². The molecular formula is C21H21N3O2S. The molecule has 138 valence electrons. The van der Waals surface area contributed by atoms with Crippen molar-refractivity contribution in [2.24, 2.45) is 0 Å². The van der Waals surface area contributed by atoms with Crippen LogP contribution in [0.2, 0.25) is 0 Å². The average molecular weight is 379 g/mol. The van der Waals surface area contributed by atoms with Crippen molar-refractivity contribution in [1.82, 2.24) is 10.2 Å². The summed E-state index contributed by atoms with van der Waals surface area (Å²) in [7, 11) is 3.79. The van der Waals surface area contributed by atoms with Gasteiger partial charge in [0.25, 0.3) is 5.91 Å². The minimum atomic E-state index is -0.316. The highest BCUT2D eigenvalue weighted by Crippen LogP contribution is 2.42. The molecule has 0 saturated carbocycles. The molecule has 0 fully saturated rings. The maximum atomic E-state index is 13.0. The lowest BCUT2D eigenvalue weighted by molar-refractivity contribution is 0.0934. The van der Waals surface area contributed by atoms with Crippen LogP contribution in [0.25, 0.3) is 10.8 Å². The third-order valence-corrected chi connectivity index (χ3v) is 6.61. The number of nitrogens with zero attached hydrogens (tertiary/aromatic N) is 1. The summed E-state index contributed by atoms with van der Waals surface area (Å²) in [6, 6.07) is 12.2. The summed E-state index contributed by atoms with van der Waals surface area (Å²) in [6.07, 6.45) is 0.610. The maximum absolute atomic E-state index is 13.0. The second-order valence-electron chi connectivity index (χ2n) is 7.15. The van der Waals surface area contributed by atoms with Crippen LogP contribution in [0.4, 0.5) is 5.00 Å². The van der Waals surface area contributed by atoms with Crippen LogP contribution in [-0.2, 0) is 13.0 Å². The number of rotatable bonds is 2. The van der Waals surface area contributed by atoms with Crippen molar-refractivity contribution in [3.8, 4) is 5.75 Å². The summed E-state index contributed by atoms with van der Waals surface area (Å²) in [6.45, 7) is 1.90. The summed E-state index contributed by atoms with van der Waals surface area (Å²) in [5.74, 6) is 0.779. The molecule has 0 bridgehead atoms. The molecule has 2 aromatic carbocycles. The Labute approximate surface area is 161 Å². The normalized spacial score (nSPS) is 19.2. The number of benzene rings is 2. The monoisotopic (exact) mass is 379 g/mol. The Hall–Kier alpha value is -2.57. The zero-order valence-electron chi connectivity index (χ0n) is 15.3. The summed E-state index contributed by atoms with van der Waals surface area (Å²) >= 11 is 1.71. The lowest BCUT2D eigenvalue weighted by Crippen LogP contribution is -2.39. The minimum absolute atomic E-state index is 0.00536. The van der Waals surface area contributed by atoms with Gasteiger partial charge in [0.05, 0.1) is 12.7 Å². The van der Waals surface area contributed by atoms with Crippen LogP contribution in [0.3, 0.4) is 0 Å². The molecule has 1 aromatic heterocycles. The maximum Gasteiger partial charge on any atom is 0.256 e. The van der Waals surface area contributed by atoms with Gasteiger partial charge in [0.2, 0.25) is 0 Å². The lowest BCUT2D eigenvalue weighted by atomic mass is 9.98. The molecule has 0 radical (unpaired) electrons. The Balaban J connectivity index is 1.62. The molecule has 1 amide bonds. The molecule has 3 heterocycles. The molecule has 3 aromatic rings. The molecule has 0 spiro atoms. The van der Waals surface area contributed by atoms with E-state index in [4.69, 9.17) is 4.74 Å². The van der Waals surface area contributed by atoms with Crippen LogP contribution in [0, 0.1) is 0 Å². The zero-order chi connectivity index (χ0) is 18.5. The number of nitrogens with one attached hydrogen (secondary N) is 2. The average Bonchev–Trinajstić information content (AvgIpc) is 3.04.